The minimum Gasteiger partial charge on any atom is -0.381 e. The number of carbonyl (C=O) groups excluding carboxylic acids is 2. The van der Waals surface area contributed by atoms with Gasteiger partial charge >= 0.3 is 6.03 Å². The zero-order valence-corrected chi connectivity index (χ0v) is 20.8. The van der Waals surface area contributed by atoms with Crippen molar-refractivity contribution in [2.24, 2.45) is 18.9 Å². The van der Waals surface area contributed by atoms with E-state index in [0.717, 1.165) is 50.4 Å². The van der Waals surface area contributed by atoms with Crippen LogP contribution in [0.4, 0.5) is 4.79 Å². The molecule has 1 aromatic carbocycles. The van der Waals surface area contributed by atoms with Crippen molar-refractivity contribution >= 4 is 22.8 Å². The van der Waals surface area contributed by atoms with E-state index in [1.54, 1.807) is 16.8 Å². The Bertz CT molecular complexity index is 1070. The lowest BCUT2D eigenvalue weighted by Crippen LogP contribution is -2.42. The molecule has 1 aromatic heterocycles. The van der Waals surface area contributed by atoms with Crippen LogP contribution < -0.4 is 5.32 Å². The van der Waals surface area contributed by atoms with Crippen LogP contribution in [0.5, 0.6) is 0 Å². The molecule has 0 spiro atoms. The normalized spacial score (nSPS) is 20.7. The monoisotopic (exact) mass is 466 g/mol. The standard InChI is InChI=1S/C27H38N4O3/c1-29(12-13-30(2)27(33)28-21-6-7-21)26(32)20-5-9-25-23(17-20)22-16-19(4-8-24(22)31(25)3)18-10-14-34-15-11-18/h5,9,17-19,21H,4,6-8,10-16H2,1-3H3,(H,28,33). The number of fused-ring (bicyclic) bond motifs is 3. The van der Waals surface area contributed by atoms with Gasteiger partial charge in [0, 0.05) is 75.6 Å². The number of aryl methyl sites for hydroxylation is 1. The van der Waals surface area contributed by atoms with E-state index >= 15 is 0 Å². The Hall–Kier alpha value is -2.54. The van der Waals surface area contributed by atoms with Crippen LogP contribution in [-0.4, -0.2) is 72.7 Å². The van der Waals surface area contributed by atoms with E-state index in [-0.39, 0.29) is 11.9 Å². The maximum absolute atomic E-state index is 13.2. The number of benzene rings is 1. The first-order valence-electron chi connectivity index (χ1n) is 12.9. The first-order valence-corrected chi connectivity index (χ1v) is 12.9. The molecule has 1 N–H and O–H groups in total. The number of nitrogens with zero attached hydrogens (tertiary/aromatic N) is 3. The SMILES string of the molecule is CN(CCN(C)C(=O)c1ccc2c(c1)c1c(n2C)CCC(C2CCOCC2)C1)C(=O)NC1CC1. The van der Waals surface area contributed by atoms with Crippen molar-refractivity contribution in [3.63, 3.8) is 0 Å². The Balaban J connectivity index is 1.29. The molecule has 1 saturated heterocycles. The Kier molecular flexibility index (Phi) is 6.56. The summed E-state index contributed by atoms with van der Waals surface area (Å²) in [7, 11) is 5.76. The van der Waals surface area contributed by atoms with E-state index in [2.05, 4.69) is 29.1 Å². The highest BCUT2D eigenvalue weighted by atomic mass is 16.5. The Morgan fingerprint density at radius 3 is 2.50 bits per heavy atom. The number of hydrogen-bond acceptors (Lipinski definition) is 3. The molecular weight excluding hydrogens is 428 g/mol. The number of nitrogens with one attached hydrogen (secondary N) is 1. The third-order valence-electron chi connectivity index (χ3n) is 8.20. The van der Waals surface area contributed by atoms with Gasteiger partial charge in [0.25, 0.3) is 5.91 Å². The summed E-state index contributed by atoms with van der Waals surface area (Å²) in [6.45, 7) is 2.80. The van der Waals surface area contributed by atoms with Crippen LogP contribution in [0, 0.1) is 11.8 Å². The maximum atomic E-state index is 13.2. The van der Waals surface area contributed by atoms with E-state index in [4.69, 9.17) is 4.74 Å². The summed E-state index contributed by atoms with van der Waals surface area (Å²) in [4.78, 5) is 28.8. The van der Waals surface area contributed by atoms with Crippen LogP contribution in [0.25, 0.3) is 10.9 Å². The fourth-order valence-corrected chi connectivity index (χ4v) is 5.76. The third-order valence-corrected chi connectivity index (χ3v) is 8.20. The zero-order chi connectivity index (χ0) is 23.8. The second-order valence-corrected chi connectivity index (χ2v) is 10.5. The average Bonchev–Trinajstić information content (AvgIpc) is 3.65. The third kappa shape index (κ3) is 4.67. The van der Waals surface area contributed by atoms with Crippen molar-refractivity contribution in [3.05, 3.63) is 35.0 Å². The van der Waals surface area contributed by atoms with Crippen molar-refractivity contribution < 1.29 is 14.3 Å². The second-order valence-electron chi connectivity index (χ2n) is 10.5. The highest BCUT2D eigenvalue weighted by Crippen LogP contribution is 2.39. The first kappa shape index (κ1) is 23.2. The number of aromatic nitrogens is 1. The fourth-order valence-electron chi connectivity index (χ4n) is 5.76. The number of amides is 3. The molecule has 1 unspecified atom stereocenters. The fraction of sp³-hybridized carbons (Fsp3) is 0.630. The maximum Gasteiger partial charge on any atom is 0.317 e. The number of urea groups is 1. The van der Waals surface area contributed by atoms with Gasteiger partial charge in [0.15, 0.2) is 0 Å². The minimum atomic E-state index is -0.0558. The topological polar surface area (TPSA) is 66.8 Å². The minimum absolute atomic E-state index is 0.00675. The van der Waals surface area contributed by atoms with Crippen LogP contribution in [-0.2, 0) is 24.6 Å². The van der Waals surface area contributed by atoms with Crippen LogP contribution in [0.2, 0.25) is 0 Å². The van der Waals surface area contributed by atoms with Gasteiger partial charge in [0.05, 0.1) is 0 Å². The molecule has 2 fully saturated rings. The lowest BCUT2D eigenvalue weighted by molar-refractivity contribution is 0.0439. The van der Waals surface area contributed by atoms with Crippen molar-refractivity contribution in [1.82, 2.24) is 19.7 Å². The van der Waals surface area contributed by atoms with Crippen LogP contribution in [0.1, 0.15) is 53.7 Å². The molecule has 2 aromatic rings. The summed E-state index contributed by atoms with van der Waals surface area (Å²) in [5.41, 5.74) is 4.81. The molecule has 2 heterocycles. The Morgan fingerprint density at radius 1 is 1.03 bits per heavy atom. The average molecular weight is 467 g/mol. The van der Waals surface area contributed by atoms with Crippen molar-refractivity contribution in [2.75, 3.05) is 40.4 Å². The molecule has 3 amide bonds. The summed E-state index contributed by atoms with van der Waals surface area (Å²) >= 11 is 0. The molecular formula is C27H38N4O3. The van der Waals surface area contributed by atoms with E-state index < -0.39 is 0 Å². The van der Waals surface area contributed by atoms with Gasteiger partial charge < -0.3 is 24.4 Å². The van der Waals surface area contributed by atoms with E-state index in [9.17, 15) is 9.59 Å². The van der Waals surface area contributed by atoms with Gasteiger partial charge in [-0.25, -0.2) is 4.79 Å². The first-order chi connectivity index (χ1) is 16.4. The molecule has 0 bridgehead atoms. The van der Waals surface area contributed by atoms with E-state index in [1.165, 1.54) is 41.4 Å². The van der Waals surface area contributed by atoms with Gasteiger partial charge in [-0.2, -0.15) is 0 Å². The number of carbonyl (C=O) groups is 2. The smallest absolute Gasteiger partial charge is 0.317 e. The predicted octanol–water partition coefficient (Wildman–Crippen LogP) is 3.59. The molecule has 1 atom stereocenters. The van der Waals surface area contributed by atoms with Gasteiger partial charge in [-0.1, -0.05) is 0 Å². The molecule has 34 heavy (non-hydrogen) atoms. The predicted molar refractivity (Wildman–Crippen MR) is 133 cm³/mol. The number of rotatable bonds is 6. The van der Waals surface area contributed by atoms with Gasteiger partial charge in [-0.3, -0.25) is 4.79 Å². The molecule has 7 heteroatoms. The highest BCUT2D eigenvalue weighted by Gasteiger charge is 2.31. The highest BCUT2D eigenvalue weighted by molar-refractivity contribution is 5.99. The van der Waals surface area contributed by atoms with E-state index in [1.807, 2.05) is 13.1 Å². The number of hydrogen-bond donors (Lipinski definition) is 1. The molecule has 1 saturated carbocycles. The van der Waals surface area contributed by atoms with E-state index in [0.29, 0.717) is 25.0 Å². The molecule has 1 aliphatic heterocycles. The van der Waals surface area contributed by atoms with Gasteiger partial charge in [-0.15, -0.1) is 0 Å². The van der Waals surface area contributed by atoms with Gasteiger partial charge in [-0.05, 0) is 80.5 Å². The van der Waals surface area contributed by atoms with Crippen LogP contribution in [0.15, 0.2) is 18.2 Å². The number of likely N-dealkylation sites (N-methyl/N-ethyl adjacent to an activating group) is 2. The van der Waals surface area contributed by atoms with Crippen molar-refractivity contribution in [2.45, 2.75) is 51.0 Å². The molecule has 5 rings (SSSR count). The molecule has 2 aliphatic carbocycles. The zero-order valence-electron chi connectivity index (χ0n) is 20.8. The van der Waals surface area contributed by atoms with Crippen LogP contribution >= 0.6 is 0 Å². The molecule has 0 radical (unpaired) electrons. The molecule has 7 nitrogen and oxygen atoms in total. The Morgan fingerprint density at radius 2 is 1.76 bits per heavy atom. The summed E-state index contributed by atoms with van der Waals surface area (Å²) in [5, 5.41) is 4.22. The summed E-state index contributed by atoms with van der Waals surface area (Å²) in [6, 6.07) is 6.44. The van der Waals surface area contributed by atoms with Crippen LogP contribution in [0.3, 0.4) is 0 Å². The quantitative estimate of drug-likeness (QED) is 0.708. The molecule has 3 aliphatic rings. The lowest BCUT2D eigenvalue weighted by atomic mass is 9.75. The number of ether oxygens (including phenoxy) is 1. The van der Waals surface area contributed by atoms with Gasteiger partial charge in [0.1, 0.15) is 0 Å². The van der Waals surface area contributed by atoms with Gasteiger partial charge in [0.2, 0.25) is 0 Å². The van der Waals surface area contributed by atoms with Crippen molar-refractivity contribution in [1.29, 1.82) is 0 Å². The molecule has 184 valence electrons. The Labute approximate surface area is 202 Å². The largest absolute Gasteiger partial charge is 0.381 e. The summed E-state index contributed by atoms with van der Waals surface area (Å²) < 4.78 is 7.92. The lowest BCUT2D eigenvalue weighted by Gasteiger charge is -2.33. The summed E-state index contributed by atoms with van der Waals surface area (Å²) in [5.74, 6) is 1.47. The second kappa shape index (κ2) is 9.61. The summed E-state index contributed by atoms with van der Waals surface area (Å²) in [6.07, 6.45) is 7.95. The van der Waals surface area contributed by atoms with Crippen molar-refractivity contribution in [3.8, 4) is 0 Å².